The molecule has 0 bridgehead atoms. The minimum atomic E-state index is -0.249. The fraction of sp³-hybridized carbons (Fsp3) is 0.176. The van der Waals surface area contributed by atoms with Gasteiger partial charge in [-0.2, -0.15) is 0 Å². The first kappa shape index (κ1) is 16.3. The molecule has 0 spiro atoms. The van der Waals surface area contributed by atoms with Crippen LogP contribution < -0.4 is 10.1 Å². The zero-order chi connectivity index (χ0) is 16.9. The molecule has 1 aromatic heterocycles. The lowest BCUT2D eigenvalue weighted by molar-refractivity contribution is -0.118. The second-order valence-electron chi connectivity index (χ2n) is 5.14. The number of anilines is 1. The average molecular weight is 346 g/mol. The normalized spacial score (nSPS) is 10.8. The van der Waals surface area contributed by atoms with Crippen LogP contribution in [-0.4, -0.2) is 29.6 Å². The third-order valence-electron chi connectivity index (χ3n) is 3.28. The molecule has 0 aliphatic carbocycles. The predicted molar refractivity (Wildman–Crippen MR) is 92.4 cm³/mol. The summed E-state index contributed by atoms with van der Waals surface area (Å²) in [5.74, 6) is 1.07. The van der Waals surface area contributed by atoms with Crippen LogP contribution in [0.3, 0.4) is 0 Å². The smallest absolute Gasteiger partial charge is 0.262 e. The molecule has 0 fully saturated rings. The molecular formula is C17H16ClN3O3. The van der Waals surface area contributed by atoms with Crippen molar-refractivity contribution < 1.29 is 14.3 Å². The number of fused-ring (bicyclic) bond motifs is 1. The Labute approximate surface area is 143 Å². The Balaban J connectivity index is 1.61. The number of rotatable bonds is 6. The zero-order valence-electron chi connectivity index (χ0n) is 13.0. The molecule has 0 saturated heterocycles. The van der Waals surface area contributed by atoms with E-state index in [0.717, 1.165) is 16.9 Å². The molecular weight excluding hydrogens is 330 g/mol. The van der Waals surface area contributed by atoms with Crippen molar-refractivity contribution in [2.24, 2.45) is 0 Å². The van der Waals surface area contributed by atoms with Crippen molar-refractivity contribution in [2.75, 3.05) is 19.0 Å². The Morgan fingerprint density at radius 2 is 2.04 bits per heavy atom. The Morgan fingerprint density at radius 1 is 1.25 bits per heavy atom. The van der Waals surface area contributed by atoms with Crippen molar-refractivity contribution >= 4 is 34.2 Å². The van der Waals surface area contributed by atoms with Crippen LogP contribution in [0.15, 0.2) is 42.5 Å². The van der Waals surface area contributed by atoms with Crippen LogP contribution in [0, 0.1) is 0 Å². The minimum Gasteiger partial charge on any atom is -0.484 e. The van der Waals surface area contributed by atoms with Crippen LogP contribution in [0.5, 0.6) is 5.75 Å². The van der Waals surface area contributed by atoms with Gasteiger partial charge in [-0.3, -0.25) is 4.79 Å². The minimum absolute atomic E-state index is 0.0857. The lowest BCUT2D eigenvalue weighted by atomic mass is 10.3. The second kappa shape index (κ2) is 7.33. The second-order valence-corrected chi connectivity index (χ2v) is 5.58. The Hall–Kier alpha value is -2.57. The van der Waals surface area contributed by atoms with Crippen molar-refractivity contribution in [1.82, 2.24) is 9.97 Å². The highest BCUT2D eigenvalue weighted by Crippen LogP contribution is 2.18. The van der Waals surface area contributed by atoms with Crippen LogP contribution in [0.25, 0.3) is 11.0 Å². The van der Waals surface area contributed by atoms with E-state index >= 15 is 0 Å². The number of methoxy groups -OCH3 is 1. The summed E-state index contributed by atoms with van der Waals surface area (Å²) in [4.78, 5) is 19.5. The van der Waals surface area contributed by atoms with E-state index in [1.165, 1.54) is 0 Å². The van der Waals surface area contributed by atoms with E-state index in [4.69, 9.17) is 21.1 Å². The summed E-state index contributed by atoms with van der Waals surface area (Å²) in [6.45, 7) is 0.322. The fourth-order valence-electron chi connectivity index (χ4n) is 2.22. The summed E-state index contributed by atoms with van der Waals surface area (Å²) in [6, 6.07) is 12.3. The number of H-pyrrole nitrogens is 1. The highest BCUT2D eigenvalue weighted by atomic mass is 35.5. The maximum atomic E-state index is 12.0. The number of benzene rings is 2. The van der Waals surface area contributed by atoms with Crippen molar-refractivity contribution in [3.63, 3.8) is 0 Å². The Bertz CT molecular complexity index is 846. The van der Waals surface area contributed by atoms with Gasteiger partial charge < -0.3 is 19.8 Å². The third kappa shape index (κ3) is 4.04. The van der Waals surface area contributed by atoms with Crippen molar-refractivity contribution in [3.05, 3.63) is 53.3 Å². The van der Waals surface area contributed by atoms with E-state index in [1.807, 2.05) is 12.1 Å². The summed E-state index contributed by atoms with van der Waals surface area (Å²) < 4.78 is 10.5. The average Bonchev–Trinajstić information content (AvgIpc) is 2.96. The first-order chi connectivity index (χ1) is 11.6. The molecule has 6 nitrogen and oxygen atoms in total. The monoisotopic (exact) mass is 345 g/mol. The molecule has 3 rings (SSSR count). The summed E-state index contributed by atoms with van der Waals surface area (Å²) in [5, 5.41) is 3.41. The molecule has 0 atom stereocenters. The first-order valence-electron chi connectivity index (χ1n) is 7.30. The van der Waals surface area contributed by atoms with Crippen LogP contribution >= 0.6 is 11.6 Å². The van der Waals surface area contributed by atoms with Crippen molar-refractivity contribution in [1.29, 1.82) is 0 Å². The summed E-state index contributed by atoms with van der Waals surface area (Å²) in [6.07, 6.45) is 0. The van der Waals surface area contributed by atoms with E-state index in [9.17, 15) is 4.79 Å². The lowest BCUT2D eigenvalue weighted by Crippen LogP contribution is -2.20. The van der Waals surface area contributed by atoms with Gasteiger partial charge in [0.15, 0.2) is 6.61 Å². The van der Waals surface area contributed by atoms with Gasteiger partial charge in [-0.1, -0.05) is 11.6 Å². The highest BCUT2D eigenvalue weighted by Gasteiger charge is 2.07. The zero-order valence-corrected chi connectivity index (χ0v) is 13.8. The molecule has 2 N–H and O–H groups in total. The third-order valence-corrected chi connectivity index (χ3v) is 3.53. The van der Waals surface area contributed by atoms with Gasteiger partial charge in [0, 0.05) is 17.8 Å². The molecule has 1 amide bonds. The van der Waals surface area contributed by atoms with Crippen molar-refractivity contribution in [2.45, 2.75) is 6.61 Å². The number of aromatic amines is 1. The largest absolute Gasteiger partial charge is 0.484 e. The molecule has 0 radical (unpaired) electrons. The van der Waals surface area contributed by atoms with Gasteiger partial charge in [0.2, 0.25) is 0 Å². The standard InChI is InChI=1S/C17H16ClN3O3/c1-23-9-16-20-14-7-4-12(8-15(14)21-16)19-17(22)10-24-13-5-2-11(18)3-6-13/h2-8H,9-10H2,1H3,(H,19,22)(H,20,21). The molecule has 7 heteroatoms. The fourth-order valence-corrected chi connectivity index (χ4v) is 2.35. The number of ether oxygens (including phenoxy) is 2. The van der Waals surface area contributed by atoms with E-state index in [1.54, 1.807) is 37.4 Å². The number of halogens is 1. The lowest BCUT2D eigenvalue weighted by Gasteiger charge is -2.07. The molecule has 3 aromatic rings. The Kier molecular flexibility index (Phi) is 4.98. The Morgan fingerprint density at radius 3 is 2.79 bits per heavy atom. The molecule has 2 aromatic carbocycles. The number of carbonyl (C=O) groups excluding carboxylic acids is 1. The maximum Gasteiger partial charge on any atom is 0.262 e. The molecule has 0 aliphatic rings. The number of hydrogen-bond donors (Lipinski definition) is 2. The van der Waals surface area contributed by atoms with E-state index in [-0.39, 0.29) is 12.5 Å². The van der Waals surface area contributed by atoms with Gasteiger partial charge >= 0.3 is 0 Å². The summed E-state index contributed by atoms with van der Waals surface area (Å²) in [7, 11) is 1.61. The number of imidazole rings is 1. The number of amides is 1. The van der Waals surface area contributed by atoms with Gasteiger partial charge in [-0.25, -0.2) is 4.98 Å². The van der Waals surface area contributed by atoms with E-state index in [2.05, 4.69) is 15.3 Å². The number of carbonyl (C=O) groups is 1. The predicted octanol–water partition coefficient (Wildman–Crippen LogP) is 3.38. The molecule has 24 heavy (non-hydrogen) atoms. The number of hydrogen-bond acceptors (Lipinski definition) is 4. The number of aromatic nitrogens is 2. The van der Waals surface area contributed by atoms with Crippen LogP contribution in [0.2, 0.25) is 5.02 Å². The topological polar surface area (TPSA) is 76.2 Å². The summed E-state index contributed by atoms with van der Waals surface area (Å²) in [5.41, 5.74) is 2.32. The van der Waals surface area contributed by atoms with Gasteiger partial charge in [0.1, 0.15) is 18.2 Å². The first-order valence-corrected chi connectivity index (χ1v) is 7.67. The highest BCUT2D eigenvalue weighted by molar-refractivity contribution is 6.30. The van der Waals surface area contributed by atoms with E-state index < -0.39 is 0 Å². The quantitative estimate of drug-likeness (QED) is 0.718. The molecule has 124 valence electrons. The molecule has 0 saturated carbocycles. The van der Waals surface area contributed by atoms with Crippen LogP contribution in [0.4, 0.5) is 5.69 Å². The number of nitrogens with zero attached hydrogens (tertiary/aromatic N) is 1. The van der Waals surface area contributed by atoms with Gasteiger partial charge in [0.25, 0.3) is 5.91 Å². The van der Waals surface area contributed by atoms with Gasteiger partial charge in [-0.05, 0) is 42.5 Å². The SMILES string of the molecule is COCc1nc2ccc(NC(=O)COc3ccc(Cl)cc3)cc2[nH]1. The molecule has 0 unspecified atom stereocenters. The number of nitrogens with one attached hydrogen (secondary N) is 2. The van der Waals surface area contributed by atoms with Crippen LogP contribution in [0.1, 0.15) is 5.82 Å². The van der Waals surface area contributed by atoms with Crippen molar-refractivity contribution in [3.8, 4) is 5.75 Å². The van der Waals surface area contributed by atoms with Crippen LogP contribution in [-0.2, 0) is 16.1 Å². The van der Waals surface area contributed by atoms with Gasteiger partial charge in [-0.15, -0.1) is 0 Å². The summed E-state index contributed by atoms with van der Waals surface area (Å²) >= 11 is 5.80. The van der Waals surface area contributed by atoms with Gasteiger partial charge in [0.05, 0.1) is 11.0 Å². The molecule has 1 heterocycles. The maximum absolute atomic E-state index is 12.0. The van der Waals surface area contributed by atoms with E-state index in [0.29, 0.717) is 23.1 Å². The molecule has 0 aliphatic heterocycles.